The molecule has 2 aromatic rings. The van der Waals surface area contributed by atoms with E-state index in [-0.39, 0.29) is 5.78 Å². The van der Waals surface area contributed by atoms with Gasteiger partial charge in [-0.2, -0.15) is 0 Å². The highest BCUT2D eigenvalue weighted by Crippen LogP contribution is 2.30. The summed E-state index contributed by atoms with van der Waals surface area (Å²) in [6.07, 6.45) is 5.26. The van der Waals surface area contributed by atoms with Crippen LogP contribution in [0.25, 0.3) is 6.08 Å². The van der Waals surface area contributed by atoms with Crippen LogP contribution in [0, 0.1) is 6.92 Å². The molecule has 0 heterocycles. The highest BCUT2D eigenvalue weighted by Gasteiger charge is 2.09. The lowest BCUT2D eigenvalue weighted by Crippen LogP contribution is -2.01. The van der Waals surface area contributed by atoms with E-state index in [0.717, 1.165) is 41.2 Å². The molecule has 4 heteroatoms. The lowest BCUT2D eigenvalue weighted by molar-refractivity contribution is 0.104. The normalized spacial score (nSPS) is 10.8. The summed E-state index contributed by atoms with van der Waals surface area (Å²) in [5, 5.41) is 0. The van der Waals surface area contributed by atoms with Crippen LogP contribution < -0.4 is 14.2 Å². The number of ether oxygens (including phenoxy) is 3. The van der Waals surface area contributed by atoms with Gasteiger partial charge in [0, 0.05) is 11.6 Å². The smallest absolute Gasteiger partial charge is 0.185 e. The third kappa shape index (κ3) is 5.88. The monoisotopic (exact) mass is 368 g/mol. The summed E-state index contributed by atoms with van der Waals surface area (Å²) in [5.74, 6) is 2.21. The van der Waals surface area contributed by atoms with Crippen molar-refractivity contribution in [1.82, 2.24) is 0 Å². The second-order valence-corrected chi connectivity index (χ2v) is 6.26. The van der Waals surface area contributed by atoms with Crippen molar-refractivity contribution in [2.24, 2.45) is 0 Å². The van der Waals surface area contributed by atoms with Gasteiger partial charge in [0.25, 0.3) is 0 Å². The van der Waals surface area contributed by atoms with Crippen LogP contribution in [0.15, 0.2) is 42.5 Å². The number of hydrogen-bond donors (Lipinski definition) is 0. The Hall–Kier alpha value is -2.75. The molecule has 0 radical (unpaired) electrons. The second kappa shape index (κ2) is 10.4. The zero-order chi connectivity index (χ0) is 19.6. The number of ketones is 1. The summed E-state index contributed by atoms with van der Waals surface area (Å²) in [6, 6.07) is 10.9. The first-order valence-electron chi connectivity index (χ1n) is 9.35. The molecule has 0 bridgehead atoms. The number of methoxy groups -OCH3 is 1. The van der Waals surface area contributed by atoms with Crippen LogP contribution in [0.1, 0.15) is 48.2 Å². The topological polar surface area (TPSA) is 44.8 Å². The van der Waals surface area contributed by atoms with Crippen molar-refractivity contribution < 1.29 is 19.0 Å². The van der Waals surface area contributed by atoms with Crippen LogP contribution in [0.3, 0.4) is 0 Å². The van der Waals surface area contributed by atoms with Gasteiger partial charge < -0.3 is 14.2 Å². The summed E-state index contributed by atoms with van der Waals surface area (Å²) in [6.45, 7) is 7.42. The van der Waals surface area contributed by atoms with Gasteiger partial charge in [-0.15, -0.1) is 0 Å². The molecule has 0 spiro atoms. The summed E-state index contributed by atoms with van der Waals surface area (Å²) in [4.78, 5) is 12.5. The Morgan fingerprint density at radius 2 is 1.63 bits per heavy atom. The fraction of sp³-hybridized carbons (Fsp3) is 0.348. The Bertz CT molecular complexity index is 776. The predicted octanol–water partition coefficient (Wildman–Crippen LogP) is 5.48. The molecule has 0 aliphatic heterocycles. The molecule has 0 saturated carbocycles. The molecule has 0 atom stereocenters. The highest BCUT2D eigenvalue weighted by molar-refractivity contribution is 6.07. The van der Waals surface area contributed by atoms with Gasteiger partial charge in [0.1, 0.15) is 17.2 Å². The second-order valence-electron chi connectivity index (χ2n) is 6.26. The van der Waals surface area contributed by atoms with Crippen molar-refractivity contribution in [3.8, 4) is 17.2 Å². The standard InChI is InChI=1S/C23H28O4/c1-5-13-26-21-15-19(17(3)23(16-21)27-14-6-2)9-12-22(24)18-7-10-20(25-4)11-8-18/h7-12,15-16H,5-6,13-14H2,1-4H3. The molecule has 2 aromatic carbocycles. The molecule has 0 N–H and O–H groups in total. The van der Waals surface area contributed by atoms with E-state index >= 15 is 0 Å². The number of rotatable bonds is 10. The first-order chi connectivity index (χ1) is 13.1. The van der Waals surface area contributed by atoms with Gasteiger partial charge in [-0.05, 0) is 67.3 Å². The van der Waals surface area contributed by atoms with Gasteiger partial charge in [0.2, 0.25) is 0 Å². The Balaban J connectivity index is 2.25. The fourth-order valence-corrected chi connectivity index (χ4v) is 2.54. The summed E-state index contributed by atoms with van der Waals surface area (Å²) >= 11 is 0. The molecule has 144 valence electrons. The molecule has 0 aromatic heterocycles. The van der Waals surface area contributed by atoms with Crippen LogP contribution in [0.5, 0.6) is 17.2 Å². The van der Waals surface area contributed by atoms with E-state index in [1.165, 1.54) is 0 Å². The Kier molecular flexibility index (Phi) is 7.93. The van der Waals surface area contributed by atoms with Crippen molar-refractivity contribution in [1.29, 1.82) is 0 Å². The maximum Gasteiger partial charge on any atom is 0.185 e. The molecule has 4 nitrogen and oxygen atoms in total. The third-order valence-electron chi connectivity index (χ3n) is 4.10. The maximum atomic E-state index is 12.5. The Morgan fingerprint density at radius 3 is 2.26 bits per heavy atom. The molecular formula is C23H28O4. The van der Waals surface area contributed by atoms with Gasteiger partial charge in [-0.3, -0.25) is 4.79 Å². The summed E-state index contributed by atoms with van der Waals surface area (Å²) < 4.78 is 16.8. The van der Waals surface area contributed by atoms with Crippen molar-refractivity contribution in [2.75, 3.05) is 20.3 Å². The van der Waals surface area contributed by atoms with Crippen LogP contribution in [-0.4, -0.2) is 26.1 Å². The van der Waals surface area contributed by atoms with E-state index in [1.807, 2.05) is 25.1 Å². The first kappa shape index (κ1) is 20.6. The minimum atomic E-state index is -0.0621. The molecule has 0 amide bonds. The molecule has 0 unspecified atom stereocenters. The molecule has 0 aliphatic carbocycles. The minimum Gasteiger partial charge on any atom is -0.497 e. The zero-order valence-corrected chi connectivity index (χ0v) is 16.6. The first-order valence-corrected chi connectivity index (χ1v) is 9.35. The molecular weight excluding hydrogens is 340 g/mol. The number of hydrogen-bond acceptors (Lipinski definition) is 4. The summed E-state index contributed by atoms with van der Waals surface area (Å²) in [5.41, 5.74) is 2.52. The largest absolute Gasteiger partial charge is 0.497 e. The third-order valence-corrected chi connectivity index (χ3v) is 4.10. The van der Waals surface area contributed by atoms with Crippen LogP contribution >= 0.6 is 0 Å². The van der Waals surface area contributed by atoms with Gasteiger partial charge >= 0.3 is 0 Å². The van der Waals surface area contributed by atoms with E-state index in [1.54, 1.807) is 37.5 Å². The SMILES string of the molecule is CCCOc1cc(C=CC(=O)c2ccc(OC)cc2)c(C)c(OCCC)c1. The molecule has 0 aliphatic rings. The Morgan fingerprint density at radius 1 is 0.963 bits per heavy atom. The molecule has 0 fully saturated rings. The number of carbonyl (C=O) groups excluding carboxylic acids is 1. The molecule has 2 rings (SSSR count). The van der Waals surface area contributed by atoms with Gasteiger partial charge in [-0.25, -0.2) is 0 Å². The van der Waals surface area contributed by atoms with Gasteiger partial charge in [0.15, 0.2) is 5.78 Å². The lowest BCUT2D eigenvalue weighted by atomic mass is 10.0. The minimum absolute atomic E-state index is 0.0621. The van der Waals surface area contributed by atoms with E-state index in [9.17, 15) is 4.79 Å². The van der Waals surface area contributed by atoms with Crippen molar-refractivity contribution >= 4 is 11.9 Å². The van der Waals surface area contributed by atoms with Crippen LogP contribution in [0.4, 0.5) is 0 Å². The molecule has 27 heavy (non-hydrogen) atoms. The average molecular weight is 368 g/mol. The molecule has 0 saturated heterocycles. The van der Waals surface area contributed by atoms with E-state index in [2.05, 4.69) is 13.8 Å². The summed E-state index contributed by atoms with van der Waals surface area (Å²) in [7, 11) is 1.60. The van der Waals surface area contributed by atoms with E-state index in [4.69, 9.17) is 14.2 Å². The number of benzene rings is 2. The van der Waals surface area contributed by atoms with Crippen LogP contribution in [-0.2, 0) is 0 Å². The highest BCUT2D eigenvalue weighted by atomic mass is 16.5. The maximum absolute atomic E-state index is 12.5. The zero-order valence-electron chi connectivity index (χ0n) is 16.6. The fourth-order valence-electron chi connectivity index (χ4n) is 2.54. The predicted molar refractivity (Wildman–Crippen MR) is 109 cm³/mol. The van der Waals surface area contributed by atoms with Gasteiger partial charge in [-0.1, -0.05) is 19.9 Å². The Labute approximate surface area is 161 Å². The lowest BCUT2D eigenvalue weighted by Gasteiger charge is -2.14. The average Bonchev–Trinajstić information content (AvgIpc) is 2.70. The van der Waals surface area contributed by atoms with E-state index < -0.39 is 0 Å². The number of carbonyl (C=O) groups is 1. The van der Waals surface area contributed by atoms with Crippen LogP contribution in [0.2, 0.25) is 0 Å². The van der Waals surface area contributed by atoms with Crippen molar-refractivity contribution in [2.45, 2.75) is 33.6 Å². The van der Waals surface area contributed by atoms with Crippen molar-refractivity contribution in [3.63, 3.8) is 0 Å². The van der Waals surface area contributed by atoms with Crippen molar-refractivity contribution in [3.05, 3.63) is 59.2 Å². The van der Waals surface area contributed by atoms with E-state index in [0.29, 0.717) is 18.8 Å². The number of allylic oxidation sites excluding steroid dienone is 1. The quantitative estimate of drug-likeness (QED) is 0.412. The van der Waals surface area contributed by atoms with Gasteiger partial charge in [0.05, 0.1) is 20.3 Å².